The molecule has 1 heterocycles. The molecule has 0 radical (unpaired) electrons. The van der Waals surface area contributed by atoms with Crippen molar-refractivity contribution >= 4 is 35.0 Å². The lowest BCUT2D eigenvalue weighted by Gasteiger charge is -2.18. The van der Waals surface area contributed by atoms with E-state index in [2.05, 4.69) is 5.32 Å². The smallest absolute Gasteiger partial charge is 0.255 e. The molecule has 0 saturated heterocycles. The topological polar surface area (TPSA) is 62.6 Å². The summed E-state index contributed by atoms with van der Waals surface area (Å²) in [7, 11) is 1.65. The van der Waals surface area contributed by atoms with Crippen molar-refractivity contribution in [3.05, 3.63) is 57.5 Å². The van der Waals surface area contributed by atoms with Gasteiger partial charge in [0.25, 0.3) is 5.91 Å². The van der Waals surface area contributed by atoms with Crippen molar-refractivity contribution in [2.75, 3.05) is 13.6 Å². The maximum Gasteiger partial charge on any atom is 0.255 e. The Balaban J connectivity index is 1.88. The van der Waals surface area contributed by atoms with Gasteiger partial charge in [-0.15, -0.1) is 0 Å². The second-order valence-corrected chi connectivity index (χ2v) is 5.89. The Kier molecular flexibility index (Phi) is 5.69. The van der Waals surface area contributed by atoms with Gasteiger partial charge in [-0.1, -0.05) is 29.3 Å². The minimum absolute atomic E-state index is 0.0960. The molecule has 0 aliphatic rings. The Labute approximate surface area is 144 Å². The fourth-order valence-corrected chi connectivity index (χ4v) is 2.33. The number of benzene rings is 1. The van der Waals surface area contributed by atoms with Gasteiger partial charge >= 0.3 is 0 Å². The molecule has 0 spiro atoms. The Hall–Kier alpha value is -1.98. The summed E-state index contributed by atoms with van der Waals surface area (Å²) in [5.74, 6) is -0.0442. The molecule has 5 nitrogen and oxygen atoms in total. The van der Waals surface area contributed by atoms with Gasteiger partial charge in [0.05, 0.1) is 28.4 Å². The lowest BCUT2D eigenvalue weighted by molar-refractivity contribution is -0.129. The molecule has 0 bridgehead atoms. The van der Waals surface area contributed by atoms with E-state index in [1.54, 1.807) is 38.2 Å². The molecule has 0 unspecified atom stereocenters. The van der Waals surface area contributed by atoms with Crippen molar-refractivity contribution in [3.8, 4) is 0 Å². The van der Waals surface area contributed by atoms with E-state index in [4.69, 9.17) is 27.6 Å². The number of amides is 2. The van der Waals surface area contributed by atoms with Gasteiger partial charge in [-0.2, -0.15) is 0 Å². The number of hydrogen-bond donors (Lipinski definition) is 1. The fraction of sp³-hybridized carbons (Fsp3) is 0.250. The largest absolute Gasteiger partial charge is 0.469 e. The number of nitrogens with one attached hydrogen (secondary N) is 1. The number of likely N-dealkylation sites (N-methyl/N-ethyl adjacent to an activating group) is 1. The van der Waals surface area contributed by atoms with Crippen LogP contribution in [0.5, 0.6) is 0 Å². The van der Waals surface area contributed by atoms with Crippen LogP contribution >= 0.6 is 23.2 Å². The van der Waals surface area contributed by atoms with E-state index < -0.39 is 0 Å². The molecule has 2 amide bonds. The van der Waals surface area contributed by atoms with Gasteiger partial charge in [0.15, 0.2) is 0 Å². The zero-order valence-corrected chi connectivity index (χ0v) is 14.2. The zero-order chi connectivity index (χ0) is 17.0. The van der Waals surface area contributed by atoms with Crippen molar-refractivity contribution in [1.82, 2.24) is 10.2 Å². The van der Waals surface area contributed by atoms with Crippen molar-refractivity contribution in [2.45, 2.75) is 13.5 Å². The van der Waals surface area contributed by atoms with Crippen LogP contribution in [-0.4, -0.2) is 30.3 Å². The number of aryl methyl sites for hydroxylation is 1. The molecular formula is C16H16Cl2N2O3. The van der Waals surface area contributed by atoms with Crippen LogP contribution in [0, 0.1) is 6.92 Å². The first-order chi connectivity index (χ1) is 10.9. The fourth-order valence-electron chi connectivity index (χ4n) is 2.01. The van der Waals surface area contributed by atoms with Gasteiger partial charge in [0.2, 0.25) is 5.91 Å². The average Bonchev–Trinajstić information content (AvgIpc) is 2.94. The van der Waals surface area contributed by atoms with Gasteiger partial charge in [0.1, 0.15) is 5.76 Å². The highest BCUT2D eigenvalue weighted by Crippen LogP contribution is 2.23. The van der Waals surface area contributed by atoms with E-state index in [1.807, 2.05) is 0 Å². The predicted octanol–water partition coefficient (Wildman–Crippen LogP) is 3.28. The molecule has 1 N–H and O–H groups in total. The SMILES string of the molecule is Cc1occc1C(=O)NCC(=O)N(C)Cc1ccc(Cl)c(Cl)c1. The highest BCUT2D eigenvalue weighted by molar-refractivity contribution is 6.42. The van der Waals surface area contributed by atoms with Crippen LogP contribution in [0.1, 0.15) is 21.7 Å². The third-order valence-corrected chi connectivity index (χ3v) is 4.07. The third-order valence-electron chi connectivity index (χ3n) is 3.33. The molecule has 0 aliphatic carbocycles. The summed E-state index contributed by atoms with van der Waals surface area (Å²) in [6, 6.07) is 6.75. The highest BCUT2D eigenvalue weighted by atomic mass is 35.5. The normalized spacial score (nSPS) is 10.4. The van der Waals surface area contributed by atoms with Gasteiger partial charge in [-0.25, -0.2) is 0 Å². The maximum atomic E-state index is 12.1. The summed E-state index contributed by atoms with van der Waals surface area (Å²) in [5, 5.41) is 3.48. The molecule has 122 valence electrons. The standard InChI is InChI=1S/C16H16Cl2N2O3/c1-10-12(5-6-23-10)16(22)19-8-15(21)20(2)9-11-3-4-13(17)14(18)7-11/h3-7H,8-9H2,1-2H3,(H,19,22). The van der Waals surface area contributed by atoms with Gasteiger partial charge in [0, 0.05) is 13.6 Å². The number of furan rings is 1. The number of hydrogen-bond acceptors (Lipinski definition) is 3. The second-order valence-electron chi connectivity index (χ2n) is 5.07. The Morgan fingerprint density at radius 2 is 1.96 bits per heavy atom. The van der Waals surface area contributed by atoms with E-state index in [9.17, 15) is 9.59 Å². The Morgan fingerprint density at radius 3 is 2.57 bits per heavy atom. The molecular weight excluding hydrogens is 339 g/mol. The molecule has 0 aliphatic heterocycles. The first kappa shape index (κ1) is 17.4. The second kappa shape index (κ2) is 7.53. The minimum Gasteiger partial charge on any atom is -0.469 e. The van der Waals surface area contributed by atoms with Crippen LogP contribution < -0.4 is 5.32 Å². The van der Waals surface area contributed by atoms with E-state index in [-0.39, 0.29) is 18.4 Å². The summed E-state index contributed by atoms with van der Waals surface area (Å²) in [6.07, 6.45) is 1.43. The monoisotopic (exact) mass is 354 g/mol. The van der Waals surface area contributed by atoms with Crippen molar-refractivity contribution in [3.63, 3.8) is 0 Å². The summed E-state index contributed by atoms with van der Waals surface area (Å²) in [4.78, 5) is 25.5. The van der Waals surface area contributed by atoms with E-state index in [0.29, 0.717) is 27.9 Å². The summed E-state index contributed by atoms with van der Waals surface area (Å²) in [5.41, 5.74) is 1.28. The molecule has 0 fully saturated rings. The Bertz CT molecular complexity index is 728. The molecule has 1 aromatic heterocycles. The average molecular weight is 355 g/mol. The molecule has 23 heavy (non-hydrogen) atoms. The highest BCUT2D eigenvalue weighted by Gasteiger charge is 2.15. The maximum absolute atomic E-state index is 12.1. The summed E-state index contributed by atoms with van der Waals surface area (Å²) >= 11 is 11.8. The Morgan fingerprint density at radius 1 is 1.22 bits per heavy atom. The van der Waals surface area contributed by atoms with Crippen LogP contribution in [0.3, 0.4) is 0 Å². The number of nitrogens with zero attached hydrogens (tertiary/aromatic N) is 1. The van der Waals surface area contributed by atoms with E-state index in [0.717, 1.165) is 5.56 Å². The van der Waals surface area contributed by atoms with Gasteiger partial charge < -0.3 is 14.6 Å². The minimum atomic E-state index is -0.340. The lowest BCUT2D eigenvalue weighted by Crippen LogP contribution is -2.37. The number of carbonyl (C=O) groups excluding carboxylic acids is 2. The van der Waals surface area contributed by atoms with Gasteiger partial charge in [-0.05, 0) is 30.7 Å². The lowest BCUT2D eigenvalue weighted by atomic mass is 10.2. The van der Waals surface area contributed by atoms with Crippen LogP contribution in [0.25, 0.3) is 0 Å². The van der Waals surface area contributed by atoms with Gasteiger partial charge in [-0.3, -0.25) is 9.59 Å². The number of carbonyl (C=O) groups is 2. The number of rotatable bonds is 5. The number of halogens is 2. The third kappa shape index (κ3) is 4.50. The van der Waals surface area contributed by atoms with E-state index >= 15 is 0 Å². The first-order valence-electron chi connectivity index (χ1n) is 6.88. The molecule has 2 aromatic rings. The summed E-state index contributed by atoms with van der Waals surface area (Å²) < 4.78 is 5.06. The van der Waals surface area contributed by atoms with Crippen molar-refractivity contribution in [1.29, 1.82) is 0 Å². The predicted molar refractivity (Wildman–Crippen MR) is 88.7 cm³/mol. The molecule has 0 saturated carbocycles. The molecule has 1 aromatic carbocycles. The zero-order valence-electron chi connectivity index (χ0n) is 12.7. The quantitative estimate of drug-likeness (QED) is 0.895. The van der Waals surface area contributed by atoms with Crippen LogP contribution in [0.2, 0.25) is 10.0 Å². The summed E-state index contributed by atoms with van der Waals surface area (Å²) in [6.45, 7) is 1.96. The van der Waals surface area contributed by atoms with Crippen molar-refractivity contribution in [2.24, 2.45) is 0 Å². The van der Waals surface area contributed by atoms with Crippen LogP contribution in [0.4, 0.5) is 0 Å². The van der Waals surface area contributed by atoms with Crippen molar-refractivity contribution < 1.29 is 14.0 Å². The molecule has 2 rings (SSSR count). The van der Waals surface area contributed by atoms with E-state index in [1.165, 1.54) is 11.2 Å². The first-order valence-corrected chi connectivity index (χ1v) is 7.64. The van der Waals surface area contributed by atoms with Crippen LogP contribution in [-0.2, 0) is 11.3 Å². The van der Waals surface area contributed by atoms with Crippen LogP contribution in [0.15, 0.2) is 34.9 Å². The molecule has 7 heteroatoms. The molecule has 0 atom stereocenters.